The number of carboxylic acids is 1. The number of sulfonamides is 1. The molecule has 0 bridgehead atoms. The number of hydrogen-bond donors (Lipinski definition) is 2. The molecule has 11 heavy (non-hydrogen) atoms. The van der Waals surface area contributed by atoms with Gasteiger partial charge >= 0.3 is 5.97 Å². The first kappa shape index (κ1) is 10.4. The summed E-state index contributed by atoms with van der Waals surface area (Å²) < 4.78 is 23.0. The van der Waals surface area contributed by atoms with Crippen LogP contribution in [0.15, 0.2) is 0 Å². The Bertz CT molecular complexity index is 233. The molecule has 0 aromatic heterocycles. The van der Waals surface area contributed by atoms with Crippen molar-refractivity contribution in [2.45, 2.75) is 19.4 Å². The van der Waals surface area contributed by atoms with Crippen molar-refractivity contribution in [3.8, 4) is 0 Å². The van der Waals surface area contributed by atoms with E-state index in [4.69, 9.17) is 5.11 Å². The zero-order valence-electron chi connectivity index (χ0n) is 6.36. The highest BCUT2D eigenvalue weighted by molar-refractivity contribution is 7.88. The maximum absolute atomic E-state index is 10.5. The number of carbonyl (C=O) groups is 1. The van der Waals surface area contributed by atoms with E-state index in [9.17, 15) is 13.2 Å². The summed E-state index contributed by atoms with van der Waals surface area (Å²) in [7, 11) is -3.41. The molecule has 0 aromatic rings. The highest BCUT2D eigenvalue weighted by Crippen LogP contribution is 1.92. The van der Waals surface area contributed by atoms with Gasteiger partial charge in [-0.3, -0.25) is 4.79 Å². The van der Waals surface area contributed by atoms with Gasteiger partial charge in [0.05, 0.1) is 6.26 Å². The molecule has 0 spiro atoms. The van der Waals surface area contributed by atoms with Crippen molar-refractivity contribution in [1.82, 2.24) is 4.72 Å². The third-order valence-electron chi connectivity index (χ3n) is 1.06. The first-order valence-corrected chi connectivity index (χ1v) is 4.96. The first-order chi connectivity index (χ1) is 4.87. The van der Waals surface area contributed by atoms with Gasteiger partial charge < -0.3 is 5.11 Å². The Morgan fingerprint density at radius 2 is 2.09 bits per heavy atom. The monoisotopic (exact) mass is 181 g/mol. The highest BCUT2D eigenvalue weighted by atomic mass is 32.2. The van der Waals surface area contributed by atoms with E-state index in [1.165, 1.54) is 0 Å². The van der Waals surface area contributed by atoms with Crippen LogP contribution in [0, 0.1) is 0 Å². The highest BCUT2D eigenvalue weighted by Gasteiger charge is 2.18. The van der Waals surface area contributed by atoms with Crippen LogP contribution in [0.5, 0.6) is 0 Å². The summed E-state index contributed by atoms with van der Waals surface area (Å²) in [6, 6.07) is -1.01. The second kappa shape index (κ2) is 3.68. The lowest BCUT2D eigenvalue weighted by atomic mass is 10.2. The zero-order valence-corrected chi connectivity index (χ0v) is 7.18. The molecular weight excluding hydrogens is 170 g/mol. The molecule has 2 N–H and O–H groups in total. The van der Waals surface area contributed by atoms with E-state index in [0.717, 1.165) is 6.26 Å². The van der Waals surface area contributed by atoms with Gasteiger partial charge in [0.25, 0.3) is 0 Å². The molecule has 0 aliphatic rings. The van der Waals surface area contributed by atoms with Crippen LogP contribution >= 0.6 is 0 Å². The average molecular weight is 181 g/mol. The van der Waals surface area contributed by atoms with E-state index in [2.05, 4.69) is 0 Å². The molecule has 0 aliphatic heterocycles. The molecule has 0 heterocycles. The summed E-state index contributed by atoms with van der Waals surface area (Å²) >= 11 is 0. The van der Waals surface area contributed by atoms with Gasteiger partial charge in [0.2, 0.25) is 10.0 Å². The van der Waals surface area contributed by atoms with E-state index in [1.807, 2.05) is 4.72 Å². The Morgan fingerprint density at radius 1 is 1.64 bits per heavy atom. The number of carboxylic acid groups (broad SMARTS) is 1. The van der Waals surface area contributed by atoms with Gasteiger partial charge in [-0.25, -0.2) is 13.1 Å². The molecular formula is C5H11NO4S. The van der Waals surface area contributed by atoms with Crippen LogP contribution in [0.4, 0.5) is 0 Å². The van der Waals surface area contributed by atoms with E-state index < -0.39 is 22.0 Å². The van der Waals surface area contributed by atoms with Gasteiger partial charge in [-0.2, -0.15) is 0 Å². The van der Waals surface area contributed by atoms with Gasteiger partial charge in [0.15, 0.2) is 0 Å². The minimum atomic E-state index is -3.41. The Balaban J connectivity index is 4.22. The van der Waals surface area contributed by atoms with Gasteiger partial charge in [-0.1, -0.05) is 6.92 Å². The smallest absolute Gasteiger partial charge is 0.321 e. The lowest BCUT2D eigenvalue weighted by molar-refractivity contribution is -0.139. The summed E-state index contributed by atoms with van der Waals surface area (Å²) in [5, 5.41) is 8.41. The Morgan fingerprint density at radius 3 is 2.18 bits per heavy atom. The van der Waals surface area contributed by atoms with Crippen molar-refractivity contribution in [2.75, 3.05) is 6.26 Å². The number of rotatable bonds is 4. The number of hydrogen-bond acceptors (Lipinski definition) is 3. The fraction of sp³-hybridized carbons (Fsp3) is 0.800. The van der Waals surface area contributed by atoms with Crippen LogP contribution in [-0.2, 0) is 14.8 Å². The summed E-state index contributed by atoms with van der Waals surface area (Å²) in [6.45, 7) is 1.59. The fourth-order valence-electron chi connectivity index (χ4n) is 0.567. The van der Waals surface area contributed by atoms with Gasteiger partial charge in [0, 0.05) is 0 Å². The molecule has 1 unspecified atom stereocenters. The van der Waals surface area contributed by atoms with Crippen LogP contribution < -0.4 is 4.72 Å². The molecule has 0 aliphatic carbocycles. The predicted molar refractivity (Wildman–Crippen MR) is 39.7 cm³/mol. The van der Waals surface area contributed by atoms with Gasteiger partial charge in [-0.15, -0.1) is 0 Å². The molecule has 0 rings (SSSR count). The largest absolute Gasteiger partial charge is 0.480 e. The third kappa shape index (κ3) is 4.74. The fourth-order valence-corrected chi connectivity index (χ4v) is 1.35. The maximum atomic E-state index is 10.5. The zero-order chi connectivity index (χ0) is 9.07. The molecule has 0 fully saturated rings. The Kier molecular flexibility index (Phi) is 3.47. The van der Waals surface area contributed by atoms with Crippen LogP contribution in [-0.4, -0.2) is 31.8 Å². The molecule has 0 aromatic carbocycles. The van der Waals surface area contributed by atoms with Crippen LogP contribution in [0.3, 0.4) is 0 Å². The molecule has 0 radical (unpaired) electrons. The summed E-state index contributed by atoms with van der Waals surface area (Å²) in [5.41, 5.74) is 0. The van der Waals surface area contributed by atoms with Crippen molar-refractivity contribution < 1.29 is 18.3 Å². The summed E-state index contributed by atoms with van der Waals surface area (Å²) in [4.78, 5) is 10.3. The van der Waals surface area contributed by atoms with E-state index in [0.29, 0.717) is 0 Å². The van der Waals surface area contributed by atoms with Crippen molar-refractivity contribution >= 4 is 16.0 Å². The Labute approximate surface area is 65.5 Å². The van der Waals surface area contributed by atoms with Crippen molar-refractivity contribution in [1.29, 1.82) is 0 Å². The molecule has 6 heteroatoms. The average Bonchev–Trinajstić information content (AvgIpc) is 1.80. The quantitative estimate of drug-likeness (QED) is 0.606. The third-order valence-corrected chi connectivity index (χ3v) is 1.78. The van der Waals surface area contributed by atoms with Crippen LogP contribution in [0.25, 0.3) is 0 Å². The van der Waals surface area contributed by atoms with E-state index in [-0.39, 0.29) is 6.42 Å². The van der Waals surface area contributed by atoms with Crippen LogP contribution in [0.1, 0.15) is 13.3 Å². The lowest BCUT2D eigenvalue weighted by Crippen LogP contribution is -2.39. The minimum absolute atomic E-state index is 0.238. The van der Waals surface area contributed by atoms with Gasteiger partial charge in [-0.05, 0) is 6.42 Å². The van der Waals surface area contributed by atoms with Gasteiger partial charge in [0.1, 0.15) is 6.04 Å². The normalized spacial score (nSPS) is 14.4. The van der Waals surface area contributed by atoms with Crippen molar-refractivity contribution in [3.63, 3.8) is 0 Å². The van der Waals surface area contributed by atoms with Crippen LogP contribution in [0.2, 0.25) is 0 Å². The standard InChI is InChI=1S/C5H11NO4S/c1-3-4(5(7)8)6-11(2,9)10/h4,6H,3H2,1-2H3,(H,7,8). The Hall–Kier alpha value is -0.620. The predicted octanol–water partition coefficient (Wildman–Crippen LogP) is -0.601. The molecule has 0 amide bonds. The van der Waals surface area contributed by atoms with E-state index in [1.54, 1.807) is 6.92 Å². The lowest BCUT2D eigenvalue weighted by Gasteiger charge is -2.08. The second-order valence-electron chi connectivity index (χ2n) is 2.19. The summed E-state index contributed by atoms with van der Waals surface area (Å²) in [6.07, 6.45) is 1.17. The number of aliphatic carboxylic acids is 1. The molecule has 1 atom stereocenters. The maximum Gasteiger partial charge on any atom is 0.321 e. The van der Waals surface area contributed by atoms with Crippen molar-refractivity contribution in [2.24, 2.45) is 0 Å². The molecule has 0 saturated heterocycles. The number of nitrogens with one attached hydrogen (secondary N) is 1. The second-order valence-corrected chi connectivity index (χ2v) is 3.97. The first-order valence-electron chi connectivity index (χ1n) is 3.07. The summed E-state index contributed by atoms with van der Waals surface area (Å²) in [5.74, 6) is -1.15. The van der Waals surface area contributed by atoms with E-state index >= 15 is 0 Å². The molecule has 0 saturated carbocycles. The minimum Gasteiger partial charge on any atom is -0.480 e. The van der Waals surface area contributed by atoms with Crippen molar-refractivity contribution in [3.05, 3.63) is 0 Å². The molecule has 66 valence electrons. The molecule has 5 nitrogen and oxygen atoms in total. The topological polar surface area (TPSA) is 83.5 Å². The SMILES string of the molecule is CCC(NS(C)(=O)=O)C(=O)O.